The van der Waals surface area contributed by atoms with E-state index in [-0.39, 0.29) is 18.9 Å². The van der Waals surface area contributed by atoms with Crippen LogP contribution in [0.25, 0.3) is 11.1 Å². The summed E-state index contributed by atoms with van der Waals surface area (Å²) in [7, 11) is 0. The lowest BCUT2D eigenvalue weighted by Crippen LogP contribution is -2.27. The predicted molar refractivity (Wildman–Crippen MR) is 143 cm³/mol. The topological polar surface area (TPSA) is 88.9 Å². The third-order valence-corrected chi connectivity index (χ3v) is 7.43. The van der Waals surface area contributed by atoms with Gasteiger partial charge in [-0.1, -0.05) is 18.2 Å². The number of carboxylic acids is 1. The molecule has 2 atom stereocenters. The minimum atomic E-state index is -0.879. The average molecular weight is 502 g/mol. The zero-order valence-corrected chi connectivity index (χ0v) is 22.0. The summed E-state index contributed by atoms with van der Waals surface area (Å²) in [4.78, 5) is 15.7. The third kappa shape index (κ3) is 5.35. The maximum Gasteiger partial charge on any atom is 0.304 e. The predicted octanol–water partition coefficient (Wildman–Crippen LogP) is 5.74. The second-order valence-electron chi connectivity index (χ2n) is 11.2. The number of nitrogens with zero attached hydrogens (tertiary/aromatic N) is 1. The first-order chi connectivity index (χ1) is 17.6. The van der Waals surface area contributed by atoms with Crippen molar-refractivity contribution >= 4 is 5.97 Å². The molecule has 2 aromatic carbocycles. The van der Waals surface area contributed by atoms with E-state index in [4.69, 9.17) is 14.6 Å². The molecule has 0 saturated heterocycles. The lowest BCUT2D eigenvalue weighted by atomic mass is 9.88. The Labute approximate surface area is 218 Å². The van der Waals surface area contributed by atoms with Crippen LogP contribution in [-0.2, 0) is 17.6 Å². The number of benzene rings is 2. The fraction of sp³-hybridized carbons (Fsp3) is 0.419. The Balaban J connectivity index is 1.38. The van der Waals surface area contributed by atoms with Gasteiger partial charge in [-0.3, -0.25) is 9.78 Å². The van der Waals surface area contributed by atoms with Gasteiger partial charge >= 0.3 is 5.97 Å². The number of carboxylic acid groups (broad SMARTS) is 1. The summed E-state index contributed by atoms with van der Waals surface area (Å²) in [6, 6.07) is 12.8. The Morgan fingerprint density at radius 3 is 2.62 bits per heavy atom. The molecule has 194 valence electrons. The van der Waals surface area contributed by atoms with Gasteiger partial charge < -0.3 is 19.7 Å². The number of aryl methyl sites for hydroxylation is 2. The van der Waals surface area contributed by atoms with Crippen LogP contribution in [0.2, 0.25) is 0 Å². The number of hydrogen-bond donors (Lipinski definition) is 2. The second-order valence-corrected chi connectivity index (χ2v) is 11.2. The van der Waals surface area contributed by atoms with Crippen LogP contribution >= 0.6 is 0 Å². The van der Waals surface area contributed by atoms with Crippen molar-refractivity contribution in [2.75, 3.05) is 13.2 Å². The Morgan fingerprint density at radius 1 is 1.16 bits per heavy atom. The first kappa shape index (κ1) is 25.3. The van der Waals surface area contributed by atoms with E-state index >= 15 is 0 Å². The molecule has 2 N–H and O–H groups in total. The highest BCUT2D eigenvalue weighted by Gasteiger charge is 2.30. The zero-order valence-electron chi connectivity index (χ0n) is 22.0. The van der Waals surface area contributed by atoms with Crippen molar-refractivity contribution in [2.45, 2.75) is 70.8 Å². The lowest BCUT2D eigenvalue weighted by molar-refractivity contribution is -0.137. The zero-order chi connectivity index (χ0) is 26.3. The van der Waals surface area contributed by atoms with E-state index in [1.54, 1.807) is 13.8 Å². The van der Waals surface area contributed by atoms with E-state index in [9.17, 15) is 9.90 Å². The van der Waals surface area contributed by atoms with Gasteiger partial charge in [-0.05, 0) is 110 Å². The van der Waals surface area contributed by atoms with Gasteiger partial charge in [0.2, 0.25) is 0 Å². The van der Waals surface area contributed by atoms with Crippen LogP contribution in [0.3, 0.4) is 0 Å². The third-order valence-electron chi connectivity index (χ3n) is 7.43. The molecule has 0 fully saturated rings. The summed E-state index contributed by atoms with van der Waals surface area (Å²) in [5, 5.41) is 19.2. The molecular weight excluding hydrogens is 466 g/mol. The highest BCUT2D eigenvalue weighted by Crippen LogP contribution is 2.43. The van der Waals surface area contributed by atoms with Crippen LogP contribution in [0.15, 0.2) is 42.6 Å². The van der Waals surface area contributed by atoms with E-state index in [2.05, 4.69) is 49.2 Å². The minimum Gasteiger partial charge on any atom is -0.491 e. The molecule has 0 bridgehead atoms. The fourth-order valence-corrected chi connectivity index (χ4v) is 5.83. The number of pyridine rings is 1. The van der Waals surface area contributed by atoms with Crippen LogP contribution in [-0.4, -0.2) is 40.0 Å². The molecule has 2 aliphatic rings. The van der Waals surface area contributed by atoms with Crippen LogP contribution in [0.4, 0.5) is 0 Å². The van der Waals surface area contributed by atoms with E-state index in [0.717, 1.165) is 42.0 Å². The highest BCUT2D eigenvalue weighted by molar-refractivity contribution is 5.76. The van der Waals surface area contributed by atoms with Crippen molar-refractivity contribution in [3.63, 3.8) is 0 Å². The van der Waals surface area contributed by atoms with E-state index in [1.165, 1.54) is 33.4 Å². The lowest BCUT2D eigenvalue weighted by Gasteiger charge is -2.20. The molecule has 0 radical (unpaired) electrons. The summed E-state index contributed by atoms with van der Waals surface area (Å²) in [6.45, 7) is 8.36. The number of fused-ring (bicyclic) bond motifs is 2. The molecule has 37 heavy (non-hydrogen) atoms. The normalized spacial score (nSPS) is 18.3. The van der Waals surface area contributed by atoms with Crippen molar-refractivity contribution < 1.29 is 24.5 Å². The Kier molecular flexibility index (Phi) is 6.71. The molecule has 2 heterocycles. The number of carbonyl (C=O) groups is 1. The molecule has 1 aliphatic carbocycles. The molecule has 6 nitrogen and oxygen atoms in total. The molecule has 3 aromatic rings. The molecule has 1 unspecified atom stereocenters. The van der Waals surface area contributed by atoms with Crippen LogP contribution in [0.1, 0.15) is 72.0 Å². The number of rotatable bonds is 8. The van der Waals surface area contributed by atoms with Gasteiger partial charge in [0.1, 0.15) is 18.1 Å². The summed E-state index contributed by atoms with van der Waals surface area (Å²) >= 11 is 0. The molecule has 0 spiro atoms. The summed E-state index contributed by atoms with van der Waals surface area (Å²) in [5.41, 5.74) is 8.69. The number of aromatic nitrogens is 1. The smallest absolute Gasteiger partial charge is 0.304 e. The molecule has 0 amide bonds. The molecule has 0 saturated carbocycles. The number of aliphatic carboxylic acids is 1. The van der Waals surface area contributed by atoms with Crippen molar-refractivity contribution in [3.05, 3.63) is 76.1 Å². The van der Waals surface area contributed by atoms with Crippen molar-refractivity contribution in [3.8, 4) is 22.6 Å². The second kappa shape index (κ2) is 9.82. The fourth-order valence-electron chi connectivity index (χ4n) is 5.83. The molecule has 1 aromatic heterocycles. The first-order valence-electron chi connectivity index (χ1n) is 13.0. The van der Waals surface area contributed by atoms with Gasteiger partial charge in [0.05, 0.1) is 24.3 Å². The minimum absolute atomic E-state index is 0.0451. The SMILES string of the molecule is Cc1cc(OCC(C)(C)O)cc(C)c1-c1cccc2c1CC[C@H]2Cc1cnc2c(c1)OCC2CC(=O)O. The molecule has 1 aliphatic heterocycles. The maximum atomic E-state index is 11.1. The van der Waals surface area contributed by atoms with Crippen LogP contribution in [0, 0.1) is 13.8 Å². The largest absolute Gasteiger partial charge is 0.491 e. The van der Waals surface area contributed by atoms with Crippen molar-refractivity contribution in [1.82, 2.24) is 4.98 Å². The van der Waals surface area contributed by atoms with Gasteiger partial charge in [0.15, 0.2) is 0 Å². The Morgan fingerprint density at radius 2 is 1.92 bits per heavy atom. The van der Waals surface area contributed by atoms with Crippen molar-refractivity contribution in [2.24, 2.45) is 0 Å². The van der Waals surface area contributed by atoms with Gasteiger partial charge in [0, 0.05) is 12.1 Å². The quantitative estimate of drug-likeness (QED) is 0.409. The number of hydrogen-bond acceptors (Lipinski definition) is 5. The molecule has 5 rings (SSSR count). The maximum absolute atomic E-state index is 11.1. The van der Waals surface area contributed by atoms with E-state index in [1.807, 2.05) is 12.3 Å². The Hall–Kier alpha value is -3.38. The van der Waals surface area contributed by atoms with Gasteiger partial charge in [-0.15, -0.1) is 0 Å². The van der Waals surface area contributed by atoms with Crippen molar-refractivity contribution in [1.29, 1.82) is 0 Å². The van der Waals surface area contributed by atoms with Crippen LogP contribution in [0.5, 0.6) is 11.5 Å². The average Bonchev–Trinajstić information content (AvgIpc) is 3.41. The standard InChI is InChI=1S/C31H35NO5/c1-18-10-23(37-17-31(3,4)35)11-19(2)29(18)26-7-5-6-24-21(8-9-25(24)26)12-20-13-27-30(32-15-20)22(16-36-27)14-28(33)34/h5-7,10-11,13,15,21-22,35H,8-9,12,14,16-17H2,1-4H3,(H,33,34)/t21-,22?/m0/s1. The van der Waals surface area contributed by atoms with Crippen LogP contribution < -0.4 is 9.47 Å². The Bertz CT molecular complexity index is 1320. The summed E-state index contributed by atoms with van der Waals surface area (Å²) < 4.78 is 11.6. The van der Waals surface area contributed by atoms with E-state index in [0.29, 0.717) is 12.5 Å². The number of aliphatic hydroxyl groups is 1. The molecular formula is C31H35NO5. The van der Waals surface area contributed by atoms with Gasteiger partial charge in [0.25, 0.3) is 0 Å². The van der Waals surface area contributed by atoms with E-state index < -0.39 is 11.6 Å². The number of ether oxygens (including phenoxy) is 2. The summed E-state index contributed by atoms with van der Waals surface area (Å²) in [6.07, 6.45) is 4.93. The monoisotopic (exact) mass is 501 g/mol. The highest BCUT2D eigenvalue weighted by atomic mass is 16.5. The van der Waals surface area contributed by atoms with Gasteiger partial charge in [-0.2, -0.15) is 0 Å². The molecule has 6 heteroatoms. The van der Waals surface area contributed by atoms with Gasteiger partial charge in [-0.25, -0.2) is 0 Å². The first-order valence-corrected chi connectivity index (χ1v) is 13.0. The summed E-state index contributed by atoms with van der Waals surface area (Å²) in [5.74, 6) is 0.917.